The topological polar surface area (TPSA) is 95.8 Å². The summed E-state index contributed by atoms with van der Waals surface area (Å²) < 4.78 is 16.6. The molecular formula is C21H18FN5O2S. The van der Waals surface area contributed by atoms with Crippen LogP contribution in [0.2, 0.25) is 0 Å². The Labute approximate surface area is 175 Å². The van der Waals surface area contributed by atoms with Gasteiger partial charge in [-0.25, -0.2) is 14.2 Å². The van der Waals surface area contributed by atoms with Gasteiger partial charge in [-0.05, 0) is 49.7 Å². The van der Waals surface area contributed by atoms with E-state index in [-0.39, 0.29) is 5.78 Å². The van der Waals surface area contributed by atoms with Crippen LogP contribution in [0.3, 0.4) is 0 Å². The van der Waals surface area contributed by atoms with Gasteiger partial charge in [-0.3, -0.25) is 9.36 Å². The number of hydrogen-bond acceptors (Lipinski definition) is 6. The van der Waals surface area contributed by atoms with E-state index in [0.29, 0.717) is 18.5 Å². The predicted molar refractivity (Wildman–Crippen MR) is 113 cm³/mol. The summed E-state index contributed by atoms with van der Waals surface area (Å²) in [5, 5.41) is 0. The molecule has 30 heavy (non-hydrogen) atoms. The Hall–Kier alpha value is -3.59. The lowest BCUT2D eigenvalue weighted by Gasteiger charge is -2.07. The smallest absolute Gasteiger partial charge is 0.354 e. The highest BCUT2D eigenvalue weighted by molar-refractivity contribution is 7.14. The van der Waals surface area contributed by atoms with Gasteiger partial charge in [0, 0.05) is 23.2 Å². The summed E-state index contributed by atoms with van der Waals surface area (Å²) in [5.74, 6) is -1.07. The Kier molecular flexibility index (Phi) is 5.28. The average Bonchev–Trinajstić information content (AvgIpc) is 3.38. The fourth-order valence-electron chi connectivity index (χ4n) is 3.00. The number of nitrogens with two attached hydrogens (primary N) is 1. The molecule has 7 nitrogen and oxygen atoms in total. The van der Waals surface area contributed by atoms with Crippen LogP contribution in [0.5, 0.6) is 0 Å². The lowest BCUT2D eigenvalue weighted by atomic mass is 10.1. The number of hydrogen-bond donors (Lipinski definition) is 1. The molecule has 0 saturated carbocycles. The molecule has 3 heterocycles. The molecule has 0 bridgehead atoms. The van der Waals surface area contributed by atoms with E-state index in [1.807, 2.05) is 29.8 Å². The molecule has 0 fully saturated rings. The Balaban J connectivity index is 1.47. The second-order valence-electron chi connectivity index (χ2n) is 6.75. The second-order valence-corrected chi connectivity index (χ2v) is 8.04. The van der Waals surface area contributed by atoms with Crippen molar-refractivity contribution in [2.45, 2.75) is 19.8 Å². The van der Waals surface area contributed by atoms with E-state index in [1.165, 1.54) is 11.3 Å². The number of thiophene rings is 1. The molecule has 4 aromatic rings. The summed E-state index contributed by atoms with van der Waals surface area (Å²) in [6.45, 7) is 1.98. The van der Waals surface area contributed by atoms with Crippen molar-refractivity contribution in [2.75, 3.05) is 5.73 Å². The van der Waals surface area contributed by atoms with Gasteiger partial charge in [0.1, 0.15) is 0 Å². The molecular weight excluding hydrogens is 405 g/mol. The highest BCUT2D eigenvalue weighted by Crippen LogP contribution is 2.18. The van der Waals surface area contributed by atoms with Gasteiger partial charge >= 0.3 is 5.69 Å². The van der Waals surface area contributed by atoms with Crippen molar-refractivity contribution in [1.82, 2.24) is 19.1 Å². The highest BCUT2D eigenvalue weighted by atomic mass is 32.1. The molecule has 9 heteroatoms. The second kappa shape index (κ2) is 8.03. The van der Waals surface area contributed by atoms with Crippen molar-refractivity contribution in [1.29, 1.82) is 0 Å². The van der Waals surface area contributed by atoms with Crippen LogP contribution < -0.4 is 11.4 Å². The molecule has 2 N–H and O–H groups in total. The maximum atomic E-state index is 13.6. The fraction of sp³-hybridized carbons (Fsp3) is 0.143. The van der Waals surface area contributed by atoms with Crippen LogP contribution in [0, 0.1) is 12.7 Å². The summed E-state index contributed by atoms with van der Waals surface area (Å²) in [6, 6.07) is 10.7. The molecule has 0 saturated heterocycles. The minimum atomic E-state index is -0.759. The zero-order valence-electron chi connectivity index (χ0n) is 16.1. The van der Waals surface area contributed by atoms with E-state index in [1.54, 1.807) is 30.6 Å². The molecule has 0 radical (unpaired) electrons. The van der Waals surface area contributed by atoms with Crippen LogP contribution in [0.25, 0.3) is 11.4 Å². The molecule has 0 aliphatic carbocycles. The first-order chi connectivity index (χ1) is 14.4. The van der Waals surface area contributed by atoms with E-state index in [4.69, 9.17) is 5.73 Å². The minimum Gasteiger partial charge on any atom is -0.381 e. The summed E-state index contributed by atoms with van der Waals surface area (Å²) in [6.07, 6.45) is 5.49. The maximum absolute atomic E-state index is 13.6. The number of Topliss-reactive ketones (excluding diaryl/α,β-unsaturated/α-hetero) is 1. The molecule has 4 rings (SSSR count). The van der Waals surface area contributed by atoms with Gasteiger partial charge in [0.15, 0.2) is 17.4 Å². The number of anilines is 1. The van der Waals surface area contributed by atoms with Crippen LogP contribution in [-0.4, -0.2) is 24.9 Å². The maximum Gasteiger partial charge on any atom is 0.354 e. The van der Waals surface area contributed by atoms with Gasteiger partial charge in [0.05, 0.1) is 28.8 Å². The predicted octanol–water partition coefficient (Wildman–Crippen LogP) is 3.32. The number of aryl methyl sites for hydroxylation is 2. The van der Waals surface area contributed by atoms with Crippen molar-refractivity contribution in [3.05, 3.63) is 86.9 Å². The normalized spacial score (nSPS) is 11.0. The molecule has 1 aromatic carbocycles. The molecule has 0 aliphatic rings. The number of imidazole rings is 1. The number of benzene rings is 1. The van der Waals surface area contributed by atoms with Crippen molar-refractivity contribution in [3.8, 4) is 11.4 Å². The van der Waals surface area contributed by atoms with Crippen molar-refractivity contribution >= 4 is 22.9 Å². The minimum absolute atomic E-state index is 0.113. The van der Waals surface area contributed by atoms with E-state index >= 15 is 0 Å². The van der Waals surface area contributed by atoms with Crippen LogP contribution >= 0.6 is 11.3 Å². The van der Waals surface area contributed by atoms with Gasteiger partial charge in [-0.2, -0.15) is 4.98 Å². The Morgan fingerprint density at radius 1 is 1.13 bits per heavy atom. The molecule has 0 spiro atoms. The van der Waals surface area contributed by atoms with Crippen LogP contribution in [0.1, 0.15) is 26.7 Å². The summed E-state index contributed by atoms with van der Waals surface area (Å²) in [7, 11) is 0. The molecule has 0 aliphatic heterocycles. The number of nitrogen functional groups attached to an aromatic ring is 1. The quantitative estimate of drug-likeness (QED) is 0.480. The van der Waals surface area contributed by atoms with Crippen molar-refractivity contribution in [3.63, 3.8) is 0 Å². The Morgan fingerprint density at radius 2 is 1.87 bits per heavy atom. The first-order valence-electron chi connectivity index (χ1n) is 9.19. The number of aromatic nitrogens is 4. The SMILES string of the molecule is Cc1ccc(C(=O)CCc2cn(-c3ccc(-n4cc(F)c(N)nc4=O)cc3)cn2)s1. The Morgan fingerprint density at radius 3 is 2.57 bits per heavy atom. The molecule has 0 amide bonds. The van der Waals surface area contributed by atoms with Gasteiger partial charge in [0.2, 0.25) is 0 Å². The third-order valence-electron chi connectivity index (χ3n) is 4.59. The van der Waals surface area contributed by atoms with Crippen LogP contribution in [-0.2, 0) is 6.42 Å². The number of halogens is 1. The standard InChI is InChI=1S/C21H18FN5O2S/c1-13-2-9-19(30-13)18(28)8-3-14-10-26(12-24-14)15-4-6-16(7-5-15)27-11-17(22)20(23)25-21(27)29/h2,4-7,9-12H,3,8H2,1H3,(H2,23,25,29). The van der Waals surface area contributed by atoms with E-state index in [2.05, 4.69) is 9.97 Å². The van der Waals surface area contributed by atoms with E-state index in [0.717, 1.165) is 31.9 Å². The van der Waals surface area contributed by atoms with Crippen LogP contribution in [0.15, 0.2) is 59.9 Å². The zero-order chi connectivity index (χ0) is 21.3. The highest BCUT2D eigenvalue weighted by Gasteiger charge is 2.11. The summed E-state index contributed by atoms with van der Waals surface area (Å²) in [4.78, 5) is 33.9. The fourth-order valence-corrected chi connectivity index (χ4v) is 3.83. The van der Waals surface area contributed by atoms with E-state index in [9.17, 15) is 14.0 Å². The van der Waals surface area contributed by atoms with Gasteiger partial charge < -0.3 is 10.3 Å². The van der Waals surface area contributed by atoms with Crippen molar-refractivity contribution in [2.24, 2.45) is 0 Å². The Bertz CT molecular complexity index is 1270. The number of nitrogens with zero attached hydrogens (tertiary/aromatic N) is 4. The number of rotatable bonds is 6. The lowest BCUT2D eigenvalue weighted by molar-refractivity contribution is 0.0986. The summed E-state index contributed by atoms with van der Waals surface area (Å²) in [5.41, 5.74) is 6.75. The molecule has 152 valence electrons. The molecule has 0 unspecified atom stereocenters. The third-order valence-corrected chi connectivity index (χ3v) is 5.64. The van der Waals surface area contributed by atoms with E-state index < -0.39 is 17.3 Å². The molecule has 3 aromatic heterocycles. The number of carbonyl (C=O) groups is 1. The van der Waals surface area contributed by atoms with Gasteiger partial charge in [-0.15, -0.1) is 11.3 Å². The third kappa shape index (κ3) is 4.06. The number of carbonyl (C=O) groups excluding carboxylic acids is 1. The largest absolute Gasteiger partial charge is 0.381 e. The lowest BCUT2D eigenvalue weighted by Crippen LogP contribution is -2.23. The number of ketones is 1. The van der Waals surface area contributed by atoms with Crippen LogP contribution in [0.4, 0.5) is 10.2 Å². The first kappa shape index (κ1) is 19.7. The first-order valence-corrected chi connectivity index (χ1v) is 10.0. The molecule has 0 atom stereocenters. The van der Waals surface area contributed by atoms with Gasteiger partial charge in [0.25, 0.3) is 0 Å². The average molecular weight is 423 g/mol. The van der Waals surface area contributed by atoms with Crippen molar-refractivity contribution < 1.29 is 9.18 Å². The monoisotopic (exact) mass is 423 g/mol. The van der Waals surface area contributed by atoms with Gasteiger partial charge in [-0.1, -0.05) is 0 Å². The zero-order valence-corrected chi connectivity index (χ0v) is 16.9. The summed E-state index contributed by atoms with van der Waals surface area (Å²) >= 11 is 1.50.